The Morgan fingerprint density at radius 1 is 1.17 bits per heavy atom. The van der Waals surface area contributed by atoms with Crippen LogP contribution in [0.5, 0.6) is 0 Å². The molecule has 0 bridgehead atoms. The number of halogens is 1. The van der Waals surface area contributed by atoms with Crippen molar-refractivity contribution in [1.82, 2.24) is 4.31 Å². The van der Waals surface area contributed by atoms with Gasteiger partial charge in [-0.2, -0.15) is 4.31 Å². The summed E-state index contributed by atoms with van der Waals surface area (Å²) in [6.45, 7) is 1.62. The molecule has 0 fully saturated rings. The molecule has 1 N–H and O–H groups in total. The van der Waals surface area contributed by atoms with Gasteiger partial charge in [-0.15, -0.1) is 0 Å². The summed E-state index contributed by atoms with van der Waals surface area (Å²) in [7, 11) is -2.30. The average molecular weight is 397 g/mol. The number of carbonyl (C=O) groups is 1. The van der Waals surface area contributed by atoms with Gasteiger partial charge in [-0.3, -0.25) is 4.79 Å². The van der Waals surface area contributed by atoms with E-state index in [1.54, 1.807) is 30.3 Å². The number of hydrogen-bond donors (Lipinski definition) is 1. The number of likely N-dealkylation sites (N-methyl/N-ethyl adjacent to an activating group) is 1. The fraction of sp³-hybridized carbons (Fsp3) is 0.188. The molecule has 1 amide bonds. The third-order valence-corrected chi connectivity index (χ3v) is 5.51. The monoisotopic (exact) mass is 396 g/mol. The molecule has 7 heteroatoms. The summed E-state index contributed by atoms with van der Waals surface area (Å²) in [5.74, 6) is -0.402. The third-order valence-electron chi connectivity index (χ3n) is 3.20. The number of rotatable bonds is 5. The fourth-order valence-electron chi connectivity index (χ4n) is 1.94. The highest BCUT2D eigenvalue weighted by molar-refractivity contribution is 9.10. The van der Waals surface area contributed by atoms with E-state index in [2.05, 4.69) is 21.2 Å². The number of nitrogens with zero attached hydrogens (tertiary/aromatic N) is 1. The SMILES string of the molecule is Cc1ccc(S(=O)(=O)N(C)CC(=O)Nc2cccc(Br)c2)cc1. The molecule has 0 aliphatic heterocycles. The number of amides is 1. The van der Waals surface area contributed by atoms with E-state index < -0.39 is 15.9 Å². The lowest BCUT2D eigenvalue weighted by atomic mass is 10.2. The highest BCUT2D eigenvalue weighted by Gasteiger charge is 2.22. The van der Waals surface area contributed by atoms with Crippen molar-refractivity contribution in [3.63, 3.8) is 0 Å². The van der Waals surface area contributed by atoms with Crippen LogP contribution in [0.3, 0.4) is 0 Å². The van der Waals surface area contributed by atoms with E-state index in [0.717, 1.165) is 14.3 Å². The molecule has 0 aromatic heterocycles. The van der Waals surface area contributed by atoms with E-state index in [-0.39, 0.29) is 11.4 Å². The van der Waals surface area contributed by atoms with E-state index in [1.165, 1.54) is 19.2 Å². The molecular formula is C16H17BrN2O3S. The molecule has 2 aromatic rings. The molecule has 0 heterocycles. The Morgan fingerprint density at radius 3 is 2.43 bits per heavy atom. The summed E-state index contributed by atoms with van der Waals surface area (Å²) < 4.78 is 26.7. The summed E-state index contributed by atoms with van der Waals surface area (Å²) in [5, 5.41) is 2.67. The summed E-state index contributed by atoms with van der Waals surface area (Å²) in [4.78, 5) is 12.2. The van der Waals surface area contributed by atoms with Gasteiger partial charge in [0.15, 0.2) is 0 Å². The van der Waals surface area contributed by atoms with Crippen molar-refractivity contribution >= 4 is 37.5 Å². The van der Waals surface area contributed by atoms with Gasteiger partial charge < -0.3 is 5.32 Å². The van der Waals surface area contributed by atoms with Gasteiger partial charge in [0, 0.05) is 17.2 Å². The number of aryl methyl sites for hydroxylation is 1. The van der Waals surface area contributed by atoms with Crippen molar-refractivity contribution in [2.45, 2.75) is 11.8 Å². The molecule has 23 heavy (non-hydrogen) atoms. The first kappa shape index (κ1) is 17.7. The van der Waals surface area contributed by atoms with Crippen molar-refractivity contribution in [2.75, 3.05) is 18.9 Å². The largest absolute Gasteiger partial charge is 0.325 e. The maximum absolute atomic E-state index is 12.4. The molecule has 0 radical (unpaired) electrons. The zero-order valence-electron chi connectivity index (χ0n) is 12.8. The molecule has 5 nitrogen and oxygen atoms in total. The molecule has 0 atom stereocenters. The van der Waals surface area contributed by atoms with Crippen LogP contribution in [-0.2, 0) is 14.8 Å². The maximum Gasteiger partial charge on any atom is 0.243 e. The lowest BCUT2D eigenvalue weighted by molar-refractivity contribution is -0.116. The molecule has 0 spiro atoms. The fourth-order valence-corrected chi connectivity index (χ4v) is 3.47. The smallest absolute Gasteiger partial charge is 0.243 e. The lowest BCUT2D eigenvalue weighted by Crippen LogP contribution is -2.34. The van der Waals surface area contributed by atoms with E-state index in [4.69, 9.17) is 0 Å². The molecule has 2 aromatic carbocycles. The molecule has 0 saturated carbocycles. The minimum Gasteiger partial charge on any atom is -0.325 e. The maximum atomic E-state index is 12.4. The number of benzene rings is 2. The topological polar surface area (TPSA) is 66.5 Å². The number of anilines is 1. The molecule has 122 valence electrons. The highest BCUT2D eigenvalue weighted by atomic mass is 79.9. The molecule has 0 aliphatic rings. The Kier molecular flexibility index (Phi) is 5.56. The standard InChI is InChI=1S/C16H17BrN2O3S/c1-12-6-8-15(9-7-12)23(21,22)19(2)11-16(20)18-14-5-3-4-13(17)10-14/h3-10H,11H2,1-2H3,(H,18,20). The highest BCUT2D eigenvalue weighted by Crippen LogP contribution is 2.17. The van der Waals surface area contributed by atoms with Gasteiger partial charge in [0.1, 0.15) is 0 Å². The number of hydrogen-bond acceptors (Lipinski definition) is 3. The van der Waals surface area contributed by atoms with Gasteiger partial charge in [-0.25, -0.2) is 8.42 Å². The number of carbonyl (C=O) groups excluding carboxylic acids is 1. The predicted molar refractivity (Wildman–Crippen MR) is 93.8 cm³/mol. The minimum absolute atomic E-state index is 0.167. The number of sulfonamides is 1. The van der Waals surface area contributed by atoms with Crippen molar-refractivity contribution < 1.29 is 13.2 Å². The van der Waals surface area contributed by atoms with Crippen molar-refractivity contribution in [3.8, 4) is 0 Å². The van der Waals surface area contributed by atoms with Crippen LogP contribution in [0.4, 0.5) is 5.69 Å². The summed E-state index contributed by atoms with van der Waals surface area (Å²) in [6.07, 6.45) is 0. The Bertz CT molecular complexity index is 804. The average Bonchev–Trinajstić information content (AvgIpc) is 2.47. The van der Waals surface area contributed by atoms with Crippen LogP contribution in [0.15, 0.2) is 57.9 Å². The van der Waals surface area contributed by atoms with E-state index in [1.807, 2.05) is 13.0 Å². The second-order valence-electron chi connectivity index (χ2n) is 5.13. The van der Waals surface area contributed by atoms with Crippen LogP contribution in [0.1, 0.15) is 5.56 Å². The van der Waals surface area contributed by atoms with Gasteiger partial charge in [-0.05, 0) is 37.3 Å². The predicted octanol–water partition coefficient (Wildman–Crippen LogP) is 3.02. The first-order chi connectivity index (χ1) is 10.8. The van der Waals surface area contributed by atoms with Crippen LogP contribution < -0.4 is 5.32 Å². The molecular weight excluding hydrogens is 380 g/mol. The van der Waals surface area contributed by atoms with Crippen LogP contribution >= 0.6 is 15.9 Å². The van der Waals surface area contributed by atoms with Crippen LogP contribution in [-0.4, -0.2) is 32.2 Å². The quantitative estimate of drug-likeness (QED) is 0.844. The van der Waals surface area contributed by atoms with Gasteiger partial charge in [-0.1, -0.05) is 39.7 Å². The van der Waals surface area contributed by atoms with Crippen LogP contribution in [0.2, 0.25) is 0 Å². The number of nitrogens with one attached hydrogen (secondary N) is 1. The zero-order chi connectivity index (χ0) is 17.0. The van der Waals surface area contributed by atoms with Gasteiger partial charge in [0.2, 0.25) is 15.9 Å². The summed E-state index contributed by atoms with van der Waals surface area (Å²) in [6, 6.07) is 13.6. The van der Waals surface area contributed by atoms with E-state index >= 15 is 0 Å². The van der Waals surface area contributed by atoms with Gasteiger partial charge in [0.05, 0.1) is 11.4 Å². The molecule has 2 rings (SSSR count). The van der Waals surface area contributed by atoms with Crippen LogP contribution in [0, 0.1) is 6.92 Å². The summed E-state index contributed by atoms with van der Waals surface area (Å²) >= 11 is 3.31. The Labute approximate surface area is 144 Å². The summed E-state index contributed by atoms with van der Waals surface area (Å²) in [5.41, 5.74) is 1.57. The third kappa shape index (κ3) is 4.63. The zero-order valence-corrected chi connectivity index (χ0v) is 15.2. The Balaban J connectivity index is 2.06. The Hall–Kier alpha value is -1.70. The van der Waals surface area contributed by atoms with Gasteiger partial charge >= 0.3 is 0 Å². The first-order valence-corrected chi connectivity index (χ1v) is 9.11. The minimum atomic E-state index is -3.69. The second kappa shape index (κ2) is 7.25. The molecule has 0 unspecified atom stereocenters. The van der Waals surface area contributed by atoms with Crippen LogP contribution in [0.25, 0.3) is 0 Å². The van der Waals surface area contributed by atoms with Crippen molar-refractivity contribution in [1.29, 1.82) is 0 Å². The first-order valence-electron chi connectivity index (χ1n) is 6.87. The Morgan fingerprint density at radius 2 is 1.83 bits per heavy atom. The normalized spacial score (nSPS) is 11.5. The lowest BCUT2D eigenvalue weighted by Gasteiger charge is -2.17. The molecule has 0 aliphatic carbocycles. The van der Waals surface area contributed by atoms with Crippen molar-refractivity contribution in [2.24, 2.45) is 0 Å². The van der Waals surface area contributed by atoms with Crippen molar-refractivity contribution in [3.05, 3.63) is 58.6 Å². The van der Waals surface area contributed by atoms with E-state index in [9.17, 15) is 13.2 Å². The molecule has 0 saturated heterocycles. The van der Waals surface area contributed by atoms with E-state index in [0.29, 0.717) is 5.69 Å². The second-order valence-corrected chi connectivity index (χ2v) is 8.09. The van der Waals surface area contributed by atoms with Gasteiger partial charge in [0.25, 0.3) is 0 Å².